The van der Waals surface area contributed by atoms with Gasteiger partial charge in [0, 0.05) is 32.2 Å². The molecule has 0 saturated carbocycles. The van der Waals surface area contributed by atoms with E-state index in [0.29, 0.717) is 6.04 Å². The topological polar surface area (TPSA) is 49.6 Å². The highest BCUT2D eigenvalue weighted by Crippen LogP contribution is 2.34. The standard InChI is InChI=1S/C19H22N6/c1-2-6-16-15(4-1)5-3-7-17(16)23-10-12-24(13-11-23)19-9-8-18-21-20-14-25(18)22-19/h1-2,4,6,8-9,14,17H,3,5,7,10-13H2/t17-/m1/s1. The van der Waals surface area contributed by atoms with Crippen molar-refractivity contribution < 1.29 is 0 Å². The molecule has 3 aromatic rings. The zero-order valence-corrected chi connectivity index (χ0v) is 14.3. The number of benzene rings is 1. The summed E-state index contributed by atoms with van der Waals surface area (Å²) < 4.78 is 1.75. The summed E-state index contributed by atoms with van der Waals surface area (Å²) in [6.45, 7) is 4.19. The van der Waals surface area contributed by atoms with Crippen LogP contribution in [0.2, 0.25) is 0 Å². The van der Waals surface area contributed by atoms with E-state index < -0.39 is 0 Å². The van der Waals surface area contributed by atoms with Gasteiger partial charge in [0.1, 0.15) is 12.1 Å². The number of anilines is 1. The Kier molecular flexibility index (Phi) is 3.63. The van der Waals surface area contributed by atoms with Gasteiger partial charge in [-0.3, -0.25) is 4.90 Å². The summed E-state index contributed by atoms with van der Waals surface area (Å²) in [6, 6.07) is 13.6. The average molecular weight is 334 g/mol. The lowest BCUT2D eigenvalue weighted by atomic mass is 9.86. The Labute approximate surface area is 147 Å². The van der Waals surface area contributed by atoms with Gasteiger partial charge in [-0.15, -0.1) is 15.3 Å². The predicted octanol–water partition coefficient (Wildman–Crippen LogP) is 2.32. The quantitative estimate of drug-likeness (QED) is 0.720. The molecule has 1 fully saturated rings. The molecule has 0 N–H and O–H groups in total. The van der Waals surface area contributed by atoms with E-state index in [2.05, 4.69) is 55.4 Å². The Morgan fingerprint density at radius 3 is 2.76 bits per heavy atom. The molecule has 1 atom stereocenters. The fourth-order valence-corrected chi connectivity index (χ4v) is 4.26. The molecule has 2 aliphatic rings. The first-order valence-electron chi connectivity index (χ1n) is 9.12. The van der Waals surface area contributed by atoms with Gasteiger partial charge in [0.05, 0.1) is 0 Å². The summed E-state index contributed by atoms with van der Waals surface area (Å²) in [6.07, 6.45) is 5.47. The van der Waals surface area contributed by atoms with Crippen molar-refractivity contribution in [1.82, 2.24) is 24.7 Å². The van der Waals surface area contributed by atoms with Crippen LogP contribution < -0.4 is 4.90 Å². The Morgan fingerprint density at radius 2 is 1.84 bits per heavy atom. The molecule has 25 heavy (non-hydrogen) atoms. The lowest BCUT2D eigenvalue weighted by molar-refractivity contribution is 0.168. The van der Waals surface area contributed by atoms with Crippen LogP contribution in [0.3, 0.4) is 0 Å². The lowest BCUT2D eigenvalue weighted by Gasteiger charge is -2.41. The first-order chi connectivity index (χ1) is 12.4. The van der Waals surface area contributed by atoms with Crippen molar-refractivity contribution in [3.63, 3.8) is 0 Å². The number of piperazine rings is 1. The molecule has 0 radical (unpaired) electrons. The predicted molar refractivity (Wildman–Crippen MR) is 96.7 cm³/mol. The van der Waals surface area contributed by atoms with E-state index in [4.69, 9.17) is 0 Å². The molecular weight excluding hydrogens is 312 g/mol. The average Bonchev–Trinajstić information content (AvgIpc) is 3.15. The second kappa shape index (κ2) is 6.11. The number of nitrogens with zero attached hydrogens (tertiary/aromatic N) is 6. The van der Waals surface area contributed by atoms with Crippen LogP contribution in [0.15, 0.2) is 42.7 Å². The zero-order valence-electron chi connectivity index (χ0n) is 14.3. The van der Waals surface area contributed by atoms with Crippen LogP contribution in [0.1, 0.15) is 30.0 Å². The largest absolute Gasteiger partial charge is 0.353 e. The van der Waals surface area contributed by atoms with E-state index in [1.54, 1.807) is 22.0 Å². The molecule has 6 heteroatoms. The maximum Gasteiger partial charge on any atom is 0.177 e. The molecule has 6 nitrogen and oxygen atoms in total. The van der Waals surface area contributed by atoms with Gasteiger partial charge in [0.25, 0.3) is 0 Å². The van der Waals surface area contributed by atoms with Gasteiger partial charge in [0.15, 0.2) is 5.65 Å². The molecule has 0 amide bonds. The smallest absolute Gasteiger partial charge is 0.177 e. The molecule has 0 spiro atoms. The Hall–Kier alpha value is -2.47. The summed E-state index contributed by atoms with van der Waals surface area (Å²) in [4.78, 5) is 5.02. The first kappa shape index (κ1) is 14.8. The van der Waals surface area contributed by atoms with Crippen molar-refractivity contribution >= 4 is 11.5 Å². The third kappa shape index (κ3) is 2.66. The summed E-state index contributed by atoms with van der Waals surface area (Å²) in [7, 11) is 0. The summed E-state index contributed by atoms with van der Waals surface area (Å²) in [5, 5.41) is 12.6. The summed E-state index contributed by atoms with van der Waals surface area (Å²) in [5.41, 5.74) is 3.88. The minimum absolute atomic E-state index is 0.584. The molecule has 0 unspecified atom stereocenters. The minimum atomic E-state index is 0.584. The van der Waals surface area contributed by atoms with Crippen LogP contribution in [-0.4, -0.2) is 50.9 Å². The number of aryl methyl sites for hydroxylation is 1. The molecule has 2 aromatic heterocycles. The third-order valence-electron chi connectivity index (χ3n) is 5.56. The SMILES string of the molecule is c1ccc2c(c1)CCC[C@H]2N1CCN(c2ccc3nncn3n2)CC1. The highest BCUT2D eigenvalue weighted by molar-refractivity contribution is 5.45. The maximum absolute atomic E-state index is 4.63. The van der Waals surface area contributed by atoms with Crippen molar-refractivity contribution in [2.75, 3.05) is 31.1 Å². The maximum atomic E-state index is 4.63. The van der Waals surface area contributed by atoms with Gasteiger partial charge in [-0.1, -0.05) is 24.3 Å². The monoisotopic (exact) mass is 334 g/mol. The number of hydrogen-bond acceptors (Lipinski definition) is 5. The fourth-order valence-electron chi connectivity index (χ4n) is 4.26. The van der Waals surface area contributed by atoms with Crippen LogP contribution in [0.25, 0.3) is 5.65 Å². The van der Waals surface area contributed by atoms with E-state index in [-0.39, 0.29) is 0 Å². The normalized spacial score (nSPS) is 21.4. The second-order valence-electron chi connectivity index (χ2n) is 6.96. The van der Waals surface area contributed by atoms with Gasteiger partial charge in [-0.05, 0) is 42.5 Å². The van der Waals surface area contributed by atoms with Gasteiger partial charge < -0.3 is 4.90 Å². The number of hydrogen-bond donors (Lipinski definition) is 0. The third-order valence-corrected chi connectivity index (χ3v) is 5.56. The molecule has 0 bridgehead atoms. The lowest BCUT2D eigenvalue weighted by Crippen LogP contribution is -2.48. The van der Waals surface area contributed by atoms with Gasteiger partial charge in [0.2, 0.25) is 0 Å². The Morgan fingerprint density at radius 1 is 0.960 bits per heavy atom. The van der Waals surface area contributed by atoms with Crippen molar-refractivity contribution in [2.24, 2.45) is 0 Å². The van der Waals surface area contributed by atoms with Crippen LogP contribution in [0.4, 0.5) is 5.82 Å². The van der Waals surface area contributed by atoms with Crippen LogP contribution in [0.5, 0.6) is 0 Å². The number of rotatable bonds is 2. The molecule has 1 saturated heterocycles. The van der Waals surface area contributed by atoms with E-state index in [1.165, 1.54) is 19.3 Å². The molecular formula is C19H22N6. The molecule has 128 valence electrons. The number of aromatic nitrogens is 4. The second-order valence-corrected chi connectivity index (χ2v) is 6.96. The fraction of sp³-hybridized carbons (Fsp3) is 0.421. The van der Waals surface area contributed by atoms with E-state index in [1.807, 2.05) is 6.07 Å². The first-order valence-corrected chi connectivity index (χ1v) is 9.12. The molecule has 1 aliphatic carbocycles. The van der Waals surface area contributed by atoms with Crippen molar-refractivity contribution in [3.05, 3.63) is 53.9 Å². The van der Waals surface area contributed by atoms with Gasteiger partial charge >= 0.3 is 0 Å². The highest BCUT2D eigenvalue weighted by atomic mass is 15.4. The van der Waals surface area contributed by atoms with Gasteiger partial charge in [-0.2, -0.15) is 4.52 Å². The van der Waals surface area contributed by atoms with Crippen molar-refractivity contribution in [3.8, 4) is 0 Å². The molecule has 5 rings (SSSR count). The number of fused-ring (bicyclic) bond motifs is 2. The Balaban J connectivity index is 1.31. The summed E-state index contributed by atoms with van der Waals surface area (Å²) in [5.74, 6) is 1.01. The summed E-state index contributed by atoms with van der Waals surface area (Å²) >= 11 is 0. The zero-order chi connectivity index (χ0) is 16.6. The van der Waals surface area contributed by atoms with Gasteiger partial charge in [-0.25, -0.2) is 0 Å². The van der Waals surface area contributed by atoms with E-state index in [0.717, 1.165) is 37.6 Å². The Bertz CT molecular complexity index is 880. The van der Waals surface area contributed by atoms with E-state index in [9.17, 15) is 0 Å². The molecule has 1 aliphatic heterocycles. The highest BCUT2D eigenvalue weighted by Gasteiger charge is 2.28. The van der Waals surface area contributed by atoms with Crippen LogP contribution in [0, 0.1) is 0 Å². The van der Waals surface area contributed by atoms with Crippen molar-refractivity contribution in [2.45, 2.75) is 25.3 Å². The van der Waals surface area contributed by atoms with Crippen LogP contribution >= 0.6 is 0 Å². The minimum Gasteiger partial charge on any atom is -0.353 e. The molecule has 1 aromatic carbocycles. The van der Waals surface area contributed by atoms with E-state index >= 15 is 0 Å². The molecule has 3 heterocycles. The van der Waals surface area contributed by atoms with Crippen molar-refractivity contribution in [1.29, 1.82) is 0 Å². The van der Waals surface area contributed by atoms with Crippen LogP contribution in [-0.2, 0) is 6.42 Å².